The van der Waals surface area contributed by atoms with E-state index in [0.717, 1.165) is 31.0 Å². The van der Waals surface area contributed by atoms with Crippen LogP contribution in [0.5, 0.6) is 0 Å². The summed E-state index contributed by atoms with van der Waals surface area (Å²) in [6.07, 6.45) is 1.75. The number of carbonyl (C=O) groups excluding carboxylic acids is 1. The number of nitrogens with zero attached hydrogens (tertiary/aromatic N) is 1. The number of benzene rings is 3. The number of para-hydroxylation sites is 1. The summed E-state index contributed by atoms with van der Waals surface area (Å²) in [5, 5.41) is 3.46. The summed E-state index contributed by atoms with van der Waals surface area (Å²) in [6, 6.07) is 18.4. The lowest BCUT2D eigenvalue weighted by Gasteiger charge is -2.32. The molecule has 1 N–H and O–H groups in total. The number of amides is 1. The standard InChI is InChI=1S/C25H23ClF2N2O/c26-22-8-1-2-9-24(22)29-25(31)19-7-4-12-30(16-19)15-17-5-3-6-18(13-17)21-11-10-20(27)14-23(21)28/h1-3,5-6,8-11,13-14,19H,4,7,12,15-16H2,(H,29,31). The van der Waals surface area contributed by atoms with Crippen molar-refractivity contribution in [2.75, 3.05) is 18.4 Å². The summed E-state index contributed by atoms with van der Waals surface area (Å²) < 4.78 is 27.4. The van der Waals surface area contributed by atoms with Gasteiger partial charge in [-0.05, 0) is 60.8 Å². The number of rotatable bonds is 5. The number of hydrogen-bond acceptors (Lipinski definition) is 2. The van der Waals surface area contributed by atoms with Crippen LogP contribution in [0.25, 0.3) is 11.1 Å². The Bertz CT molecular complexity index is 1090. The highest BCUT2D eigenvalue weighted by Crippen LogP contribution is 2.27. The van der Waals surface area contributed by atoms with Crippen molar-refractivity contribution in [2.24, 2.45) is 5.92 Å². The Labute approximate surface area is 185 Å². The van der Waals surface area contributed by atoms with Gasteiger partial charge < -0.3 is 5.32 Å². The maximum atomic E-state index is 14.2. The largest absolute Gasteiger partial charge is 0.324 e. The van der Waals surface area contributed by atoms with Crippen molar-refractivity contribution < 1.29 is 13.6 Å². The molecule has 1 fully saturated rings. The third kappa shape index (κ3) is 5.30. The average molecular weight is 441 g/mol. The lowest BCUT2D eigenvalue weighted by atomic mass is 9.96. The second kappa shape index (κ2) is 9.58. The van der Waals surface area contributed by atoms with Gasteiger partial charge in [0.15, 0.2) is 0 Å². The first-order valence-corrected chi connectivity index (χ1v) is 10.7. The van der Waals surface area contributed by atoms with Crippen molar-refractivity contribution in [2.45, 2.75) is 19.4 Å². The van der Waals surface area contributed by atoms with E-state index in [1.165, 1.54) is 12.1 Å². The van der Waals surface area contributed by atoms with E-state index in [4.69, 9.17) is 11.6 Å². The fourth-order valence-electron chi connectivity index (χ4n) is 4.03. The highest BCUT2D eigenvalue weighted by atomic mass is 35.5. The molecule has 3 nitrogen and oxygen atoms in total. The first-order chi connectivity index (χ1) is 15.0. The maximum absolute atomic E-state index is 14.2. The van der Waals surface area contributed by atoms with E-state index in [1.807, 2.05) is 36.4 Å². The molecule has 3 aromatic carbocycles. The van der Waals surface area contributed by atoms with Crippen LogP contribution in [0.2, 0.25) is 5.02 Å². The van der Waals surface area contributed by atoms with Crippen LogP contribution in [0.4, 0.5) is 14.5 Å². The van der Waals surface area contributed by atoms with Crippen molar-refractivity contribution in [3.8, 4) is 11.1 Å². The smallest absolute Gasteiger partial charge is 0.228 e. The highest BCUT2D eigenvalue weighted by Gasteiger charge is 2.26. The van der Waals surface area contributed by atoms with Gasteiger partial charge in [0.05, 0.1) is 16.6 Å². The van der Waals surface area contributed by atoms with Crippen molar-refractivity contribution in [1.82, 2.24) is 4.90 Å². The predicted octanol–water partition coefficient (Wildman–Crippen LogP) is 6.14. The fourth-order valence-corrected chi connectivity index (χ4v) is 4.21. The Morgan fingerprint density at radius 3 is 2.71 bits per heavy atom. The van der Waals surface area contributed by atoms with E-state index >= 15 is 0 Å². The van der Waals surface area contributed by atoms with E-state index in [-0.39, 0.29) is 11.8 Å². The molecule has 1 aliphatic heterocycles. The zero-order valence-corrected chi connectivity index (χ0v) is 17.7. The minimum Gasteiger partial charge on any atom is -0.324 e. The van der Waals surface area contributed by atoms with Crippen molar-refractivity contribution in [3.05, 3.63) is 89.0 Å². The molecule has 0 bridgehead atoms. The van der Waals surface area contributed by atoms with Crippen LogP contribution in [0, 0.1) is 17.6 Å². The van der Waals surface area contributed by atoms with Crippen molar-refractivity contribution in [3.63, 3.8) is 0 Å². The lowest BCUT2D eigenvalue weighted by Crippen LogP contribution is -2.40. The van der Waals surface area contributed by atoms with Crippen LogP contribution in [0.1, 0.15) is 18.4 Å². The molecule has 1 amide bonds. The molecule has 1 heterocycles. The summed E-state index contributed by atoms with van der Waals surface area (Å²) in [7, 11) is 0. The van der Waals surface area contributed by atoms with Crippen LogP contribution < -0.4 is 5.32 Å². The number of likely N-dealkylation sites (tertiary alicyclic amines) is 1. The molecular weight excluding hydrogens is 418 g/mol. The van der Waals surface area contributed by atoms with E-state index in [2.05, 4.69) is 10.2 Å². The normalized spacial score (nSPS) is 16.8. The molecule has 1 atom stereocenters. The van der Waals surface area contributed by atoms with Gasteiger partial charge in [-0.15, -0.1) is 0 Å². The van der Waals surface area contributed by atoms with E-state index in [0.29, 0.717) is 34.9 Å². The number of nitrogens with one attached hydrogen (secondary N) is 1. The topological polar surface area (TPSA) is 32.3 Å². The van der Waals surface area contributed by atoms with Gasteiger partial charge in [-0.25, -0.2) is 8.78 Å². The Morgan fingerprint density at radius 2 is 1.90 bits per heavy atom. The third-order valence-electron chi connectivity index (χ3n) is 5.58. The summed E-state index contributed by atoms with van der Waals surface area (Å²) in [4.78, 5) is 15.0. The van der Waals surface area contributed by atoms with E-state index in [9.17, 15) is 13.6 Å². The van der Waals surface area contributed by atoms with Crippen molar-refractivity contribution >= 4 is 23.2 Å². The lowest BCUT2D eigenvalue weighted by molar-refractivity contribution is -0.121. The quantitative estimate of drug-likeness (QED) is 0.517. The Kier molecular flexibility index (Phi) is 6.64. The first kappa shape index (κ1) is 21.5. The molecule has 0 spiro atoms. The third-order valence-corrected chi connectivity index (χ3v) is 5.91. The summed E-state index contributed by atoms with van der Waals surface area (Å²) in [5.74, 6) is -1.32. The van der Waals surface area contributed by atoms with Gasteiger partial charge in [0.2, 0.25) is 5.91 Å². The van der Waals surface area contributed by atoms with Crippen LogP contribution in [0.15, 0.2) is 66.7 Å². The molecule has 1 unspecified atom stereocenters. The van der Waals surface area contributed by atoms with Crippen molar-refractivity contribution in [1.29, 1.82) is 0 Å². The van der Waals surface area contributed by atoms with Gasteiger partial charge in [-0.3, -0.25) is 9.69 Å². The first-order valence-electron chi connectivity index (χ1n) is 10.3. The molecule has 1 aliphatic rings. The molecular formula is C25H23ClF2N2O. The molecule has 160 valence electrons. The average Bonchev–Trinajstić information content (AvgIpc) is 2.76. The van der Waals surface area contributed by atoms with Gasteiger partial charge in [0.25, 0.3) is 0 Å². The predicted molar refractivity (Wildman–Crippen MR) is 120 cm³/mol. The fraction of sp³-hybridized carbons (Fsp3) is 0.240. The summed E-state index contributed by atoms with van der Waals surface area (Å²) >= 11 is 6.16. The molecule has 0 saturated carbocycles. The number of halogens is 3. The summed E-state index contributed by atoms with van der Waals surface area (Å²) in [6.45, 7) is 2.20. The minimum absolute atomic E-state index is 0.0278. The van der Waals surface area contributed by atoms with Gasteiger partial charge in [0.1, 0.15) is 11.6 Å². The van der Waals surface area contributed by atoms with Gasteiger partial charge in [-0.2, -0.15) is 0 Å². The van der Waals surface area contributed by atoms with Crippen LogP contribution in [0.3, 0.4) is 0 Å². The Morgan fingerprint density at radius 1 is 1.06 bits per heavy atom. The molecule has 0 aromatic heterocycles. The van der Waals surface area contributed by atoms with E-state index in [1.54, 1.807) is 12.1 Å². The monoisotopic (exact) mass is 440 g/mol. The second-order valence-corrected chi connectivity index (χ2v) is 8.28. The maximum Gasteiger partial charge on any atom is 0.228 e. The molecule has 6 heteroatoms. The highest BCUT2D eigenvalue weighted by molar-refractivity contribution is 6.33. The SMILES string of the molecule is O=C(Nc1ccccc1Cl)C1CCCN(Cc2cccc(-c3ccc(F)cc3F)c2)C1. The minimum atomic E-state index is -0.591. The second-order valence-electron chi connectivity index (χ2n) is 7.87. The van der Waals surface area contributed by atoms with Gasteiger partial charge in [0, 0.05) is 24.7 Å². The van der Waals surface area contributed by atoms with Crippen LogP contribution in [-0.4, -0.2) is 23.9 Å². The zero-order valence-electron chi connectivity index (χ0n) is 17.0. The molecule has 1 saturated heterocycles. The van der Waals surface area contributed by atoms with Crippen LogP contribution >= 0.6 is 11.6 Å². The van der Waals surface area contributed by atoms with Gasteiger partial charge >= 0.3 is 0 Å². The van der Waals surface area contributed by atoms with Gasteiger partial charge in [-0.1, -0.05) is 41.9 Å². The number of hydrogen-bond donors (Lipinski definition) is 1. The Hall–Kier alpha value is -2.76. The van der Waals surface area contributed by atoms with E-state index < -0.39 is 11.6 Å². The molecule has 0 radical (unpaired) electrons. The molecule has 4 rings (SSSR count). The molecule has 0 aliphatic carbocycles. The number of piperidine rings is 1. The zero-order chi connectivity index (χ0) is 21.8. The molecule has 31 heavy (non-hydrogen) atoms. The number of anilines is 1. The summed E-state index contributed by atoms with van der Waals surface area (Å²) in [5.41, 5.74) is 2.73. The van der Waals surface area contributed by atoms with Crippen LogP contribution in [-0.2, 0) is 11.3 Å². The Balaban J connectivity index is 1.43. The molecule has 3 aromatic rings. The number of carbonyl (C=O) groups is 1.